The van der Waals surface area contributed by atoms with E-state index in [0.717, 1.165) is 16.7 Å². The number of carbonyl (C=O) groups is 5. The molecule has 0 aliphatic heterocycles. The lowest BCUT2D eigenvalue weighted by Crippen LogP contribution is -2.55. The monoisotopic (exact) mass is 513 g/mol. The Labute approximate surface area is 220 Å². The maximum absolute atomic E-state index is 13.3. The van der Waals surface area contributed by atoms with E-state index >= 15 is 0 Å². The van der Waals surface area contributed by atoms with Gasteiger partial charge in [0.25, 0.3) is 5.91 Å². The Bertz CT molecular complexity index is 1250. The Hall–Kier alpha value is -4.79. The minimum Gasteiger partial charge on any atom is -0.369 e. The average Bonchev–Trinajstić information content (AvgIpc) is 2.92. The number of nitrogens with two attached hydrogens (primary N) is 1. The first-order valence-corrected chi connectivity index (χ1v) is 12.0. The van der Waals surface area contributed by atoms with Gasteiger partial charge >= 0.3 is 0 Å². The van der Waals surface area contributed by atoms with Gasteiger partial charge in [0.2, 0.25) is 23.5 Å². The Morgan fingerprint density at radius 3 is 1.63 bits per heavy atom. The van der Waals surface area contributed by atoms with Gasteiger partial charge in [-0.25, -0.2) is 0 Å². The number of ketones is 1. The number of rotatable bonds is 13. The highest BCUT2D eigenvalue weighted by molar-refractivity contribution is 6.38. The van der Waals surface area contributed by atoms with E-state index in [1.54, 1.807) is 54.6 Å². The molecule has 0 spiro atoms. The summed E-state index contributed by atoms with van der Waals surface area (Å²) >= 11 is 0. The lowest BCUT2D eigenvalue weighted by atomic mass is 10.00. The third kappa shape index (κ3) is 9.02. The molecule has 38 heavy (non-hydrogen) atoms. The number of primary amides is 1. The molecule has 3 rings (SSSR count). The Balaban J connectivity index is 1.78. The lowest BCUT2D eigenvalue weighted by Gasteiger charge is -2.23. The number of nitrogens with one attached hydrogen (secondary N) is 3. The van der Waals surface area contributed by atoms with Crippen LogP contribution < -0.4 is 21.7 Å². The van der Waals surface area contributed by atoms with Crippen LogP contribution in [0.4, 0.5) is 0 Å². The summed E-state index contributed by atoms with van der Waals surface area (Å²) in [6, 6.07) is 24.6. The summed E-state index contributed by atoms with van der Waals surface area (Å²) in [4.78, 5) is 62.6. The van der Waals surface area contributed by atoms with Gasteiger partial charge in [0, 0.05) is 19.4 Å². The number of hydrogen-bond acceptors (Lipinski definition) is 5. The first-order valence-electron chi connectivity index (χ1n) is 12.0. The zero-order valence-corrected chi connectivity index (χ0v) is 20.6. The molecule has 195 valence electrons. The summed E-state index contributed by atoms with van der Waals surface area (Å²) in [7, 11) is 0. The quantitative estimate of drug-likeness (QED) is 0.199. The van der Waals surface area contributed by atoms with Crippen LogP contribution in [0.2, 0.25) is 0 Å². The summed E-state index contributed by atoms with van der Waals surface area (Å²) in [6.07, 6.45) is 0.774. The van der Waals surface area contributed by atoms with Gasteiger partial charge in [-0.3, -0.25) is 24.0 Å². The van der Waals surface area contributed by atoms with Crippen molar-refractivity contribution < 1.29 is 24.0 Å². The van der Waals surface area contributed by atoms with E-state index in [4.69, 9.17) is 5.73 Å². The first kappa shape index (κ1) is 27.8. The molecule has 4 amide bonds. The maximum Gasteiger partial charge on any atom is 0.289 e. The van der Waals surface area contributed by atoms with E-state index in [9.17, 15) is 24.0 Å². The van der Waals surface area contributed by atoms with E-state index in [0.29, 0.717) is 6.42 Å². The molecule has 9 heteroatoms. The minimum atomic E-state index is -1.20. The van der Waals surface area contributed by atoms with Crippen molar-refractivity contribution in [2.45, 2.75) is 31.5 Å². The third-order valence-corrected chi connectivity index (χ3v) is 5.62. The summed E-state index contributed by atoms with van der Waals surface area (Å²) in [5.41, 5.74) is 7.34. The predicted octanol–water partition coefficient (Wildman–Crippen LogP) is 1.02. The van der Waals surface area contributed by atoms with Crippen LogP contribution in [0.15, 0.2) is 91.0 Å². The first-order chi connectivity index (χ1) is 18.3. The third-order valence-electron chi connectivity index (χ3n) is 5.62. The van der Waals surface area contributed by atoms with Gasteiger partial charge in [0.05, 0.1) is 0 Å². The topological polar surface area (TPSA) is 147 Å². The molecule has 3 aromatic rings. The van der Waals surface area contributed by atoms with Crippen molar-refractivity contribution in [1.82, 2.24) is 16.0 Å². The van der Waals surface area contributed by atoms with Crippen molar-refractivity contribution in [3.05, 3.63) is 114 Å². The molecule has 0 heterocycles. The molecule has 0 aliphatic carbocycles. The highest BCUT2D eigenvalue weighted by Gasteiger charge is 2.30. The van der Waals surface area contributed by atoms with Crippen molar-refractivity contribution in [1.29, 1.82) is 0 Å². The van der Waals surface area contributed by atoms with Crippen LogP contribution in [-0.2, 0) is 43.4 Å². The molecule has 0 bridgehead atoms. The molecule has 3 aromatic carbocycles. The van der Waals surface area contributed by atoms with Crippen LogP contribution in [-0.4, -0.2) is 41.5 Å². The highest BCUT2D eigenvalue weighted by Crippen LogP contribution is 2.08. The molecule has 0 aromatic heterocycles. The highest BCUT2D eigenvalue weighted by atomic mass is 16.2. The molecule has 2 atom stereocenters. The van der Waals surface area contributed by atoms with Gasteiger partial charge in [-0.1, -0.05) is 91.0 Å². The molecule has 0 unspecified atom stereocenters. The summed E-state index contributed by atoms with van der Waals surface area (Å²) in [5.74, 6) is -4.17. The van der Waals surface area contributed by atoms with Crippen LogP contribution in [0.25, 0.3) is 0 Å². The van der Waals surface area contributed by atoms with Gasteiger partial charge in [-0.2, -0.15) is 0 Å². The van der Waals surface area contributed by atoms with Crippen LogP contribution in [0.5, 0.6) is 0 Å². The summed E-state index contributed by atoms with van der Waals surface area (Å²) in [5, 5.41) is 7.69. The summed E-state index contributed by atoms with van der Waals surface area (Å²) < 4.78 is 0. The second-order valence-corrected chi connectivity index (χ2v) is 8.58. The average molecular weight is 514 g/mol. The fourth-order valence-electron chi connectivity index (χ4n) is 3.76. The van der Waals surface area contributed by atoms with Gasteiger partial charge in [-0.05, 0) is 16.7 Å². The van der Waals surface area contributed by atoms with Gasteiger partial charge in [-0.15, -0.1) is 0 Å². The van der Waals surface area contributed by atoms with E-state index in [1.165, 1.54) is 0 Å². The molecular formula is C29H29N4O5. The molecule has 0 aliphatic rings. The van der Waals surface area contributed by atoms with Crippen LogP contribution in [0, 0.1) is 6.42 Å². The van der Waals surface area contributed by atoms with Crippen molar-refractivity contribution in [3.8, 4) is 0 Å². The van der Waals surface area contributed by atoms with E-state index in [1.807, 2.05) is 36.4 Å². The number of hydrogen-bond donors (Lipinski definition) is 4. The van der Waals surface area contributed by atoms with Crippen molar-refractivity contribution in [2.75, 3.05) is 0 Å². The molecular weight excluding hydrogens is 484 g/mol. The molecule has 0 saturated carbocycles. The number of amides is 4. The Kier molecular flexibility index (Phi) is 10.3. The van der Waals surface area contributed by atoms with E-state index in [2.05, 4.69) is 16.0 Å². The minimum absolute atomic E-state index is 0.0591. The van der Waals surface area contributed by atoms with Gasteiger partial charge in [0.1, 0.15) is 18.5 Å². The van der Waals surface area contributed by atoms with Crippen molar-refractivity contribution in [2.24, 2.45) is 5.73 Å². The van der Waals surface area contributed by atoms with Gasteiger partial charge < -0.3 is 21.7 Å². The second-order valence-electron chi connectivity index (χ2n) is 8.58. The summed E-state index contributed by atoms with van der Waals surface area (Å²) in [6.45, 7) is 0.146. The molecule has 0 saturated heterocycles. The zero-order valence-electron chi connectivity index (χ0n) is 20.6. The lowest BCUT2D eigenvalue weighted by molar-refractivity contribution is -0.140. The van der Waals surface area contributed by atoms with Crippen LogP contribution in [0.3, 0.4) is 0 Å². The number of Topliss-reactive ketones (excluding diaryl/α,β-unsaturated/α-hetero) is 1. The van der Waals surface area contributed by atoms with Crippen molar-refractivity contribution in [3.63, 3.8) is 0 Å². The van der Waals surface area contributed by atoms with Crippen molar-refractivity contribution >= 4 is 29.4 Å². The fraction of sp³-hybridized carbons (Fsp3) is 0.172. The Morgan fingerprint density at radius 2 is 1.13 bits per heavy atom. The standard InChI is InChI=1S/C29H29N4O5/c30-25(34)18-26(35)32-24(17-21-12-6-2-7-13-21)28(37)33-23(16-20-10-4-1-5-11-20)27(36)29(38)31-19-22-14-8-3-9-15-22/h1-15,18,23-24H,16-17,19H2,(H2,30,34)(H,31,38)(H,32,35)(H,33,37)/t23-,24-/m0/s1. The van der Waals surface area contributed by atoms with E-state index < -0.39 is 41.5 Å². The Morgan fingerprint density at radius 1 is 0.658 bits per heavy atom. The van der Waals surface area contributed by atoms with E-state index in [-0.39, 0.29) is 19.4 Å². The number of benzene rings is 3. The largest absolute Gasteiger partial charge is 0.369 e. The maximum atomic E-state index is 13.3. The van der Waals surface area contributed by atoms with Crippen LogP contribution >= 0.6 is 0 Å². The van der Waals surface area contributed by atoms with Crippen LogP contribution in [0.1, 0.15) is 16.7 Å². The normalized spacial score (nSPS) is 12.0. The molecule has 0 fully saturated rings. The molecule has 1 radical (unpaired) electrons. The smallest absolute Gasteiger partial charge is 0.289 e. The molecule has 9 nitrogen and oxygen atoms in total. The molecule has 5 N–H and O–H groups in total. The SMILES string of the molecule is NC(=O)[CH]C(=O)N[C@@H](Cc1ccccc1)C(=O)N[C@@H](Cc1ccccc1)C(=O)C(=O)NCc1ccccc1. The number of carbonyl (C=O) groups excluding carboxylic acids is 5. The fourth-order valence-corrected chi connectivity index (χ4v) is 3.76. The van der Waals surface area contributed by atoms with Gasteiger partial charge in [0.15, 0.2) is 0 Å². The second kappa shape index (κ2) is 14.1. The predicted molar refractivity (Wildman–Crippen MR) is 141 cm³/mol. The zero-order chi connectivity index (χ0) is 27.3.